The average molecular weight is 446 g/mol. The summed E-state index contributed by atoms with van der Waals surface area (Å²) in [7, 11) is 0. The van der Waals surface area contributed by atoms with Crippen molar-refractivity contribution in [2.75, 3.05) is 6.61 Å². The number of carbonyl (C=O) groups is 1. The van der Waals surface area contributed by atoms with Gasteiger partial charge in [0.15, 0.2) is 5.82 Å². The Bertz CT molecular complexity index is 1180. The van der Waals surface area contributed by atoms with Gasteiger partial charge in [0, 0.05) is 36.3 Å². The van der Waals surface area contributed by atoms with Crippen molar-refractivity contribution in [3.63, 3.8) is 0 Å². The summed E-state index contributed by atoms with van der Waals surface area (Å²) >= 11 is 5.90. The molecule has 0 N–H and O–H groups in total. The molecule has 0 radical (unpaired) electrons. The third-order valence-electron chi connectivity index (χ3n) is 6.05. The van der Waals surface area contributed by atoms with Crippen molar-refractivity contribution in [1.29, 1.82) is 5.26 Å². The topological polar surface area (TPSA) is 92.0 Å². The molecule has 1 saturated heterocycles. The summed E-state index contributed by atoms with van der Waals surface area (Å²) in [6, 6.07) is 12.5. The van der Waals surface area contributed by atoms with E-state index in [-0.39, 0.29) is 18.0 Å². The van der Waals surface area contributed by atoms with Crippen LogP contribution in [0.1, 0.15) is 35.2 Å². The molecule has 1 aliphatic heterocycles. The molecule has 1 saturated carbocycles. The molecular formula is C24H20ClN5O2. The van der Waals surface area contributed by atoms with Crippen molar-refractivity contribution in [1.82, 2.24) is 19.9 Å². The molecule has 0 bridgehead atoms. The molecule has 0 unspecified atom stereocenters. The molecule has 3 aromatic rings. The molecule has 1 aliphatic carbocycles. The van der Waals surface area contributed by atoms with Crippen LogP contribution in [0, 0.1) is 17.2 Å². The first-order chi connectivity index (χ1) is 15.6. The highest BCUT2D eigenvalue weighted by Crippen LogP contribution is 2.46. The van der Waals surface area contributed by atoms with Crippen molar-refractivity contribution in [2.24, 2.45) is 5.92 Å². The maximum atomic E-state index is 13.8. The smallest absolute Gasteiger partial charge is 0.255 e. The van der Waals surface area contributed by atoms with Gasteiger partial charge < -0.3 is 9.64 Å². The lowest BCUT2D eigenvalue weighted by molar-refractivity contribution is 0.0495. The van der Waals surface area contributed by atoms with E-state index in [4.69, 9.17) is 16.3 Å². The summed E-state index contributed by atoms with van der Waals surface area (Å²) in [5.74, 6) is 1.35. The maximum Gasteiger partial charge on any atom is 0.255 e. The molecule has 1 aromatic carbocycles. The zero-order chi connectivity index (χ0) is 22.1. The van der Waals surface area contributed by atoms with Crippen LogP contribution in [-0.2, 0) is 0 Å². The lowest BCUT2D eigenvalue weighted by atomic mass is 9.98. The van der Waals surface area contributed by atoms with Crippen molar-refractivity contribution in [3.05, 3.63) is 71.1 Å². The van der Waals surface area contributed by atoms with Gasteiger partial charge in [0.1, 0.15) is 6.61 Å². The number of pyridine rings is 1. The Labute approximate surface area is 190 Å². The number of hydrogen-bond acceptors (Lipinski definition) is 6. The number of fused-ring (bicyclic) bond motifs is 1. The van der Waals surface area contributed by atoms with E-state index in [1.165, 1.54) is 6.20 Å². The molecule has 7 nitrogen and oxygen atoms in total. The van der Waals surface area contributed by atoms with Crippen LogP contribution >= 0.6 is 11.6 Å². The van der Waals surface area contributed by atoms with Gasteiger partial charge in [0.2, 0.25) is 5.88 Å². The van der Waals surface area contributed by atoms with E-state index in [1.54, 1.807) is 48.8 Å². The highest BCUT2D eigenvalue weighted by Gasteiger charge is 2.50. The van der Waals surface area contributed by atoms with Crippen LogP contribution in [0.2, 0.25) is 5.02 Å². The standard InChI is InChI=1S/C24H20ClN5O2/c25-17-4-7-22(29-13-17)32-14-18-5-3-16-11-21(16)30(18)24(31)20-10-15(12-26)2-6-19(20)23-27-8-1-9-28-23/h1-2,4,6-10,13,16,18,21H,3,5,11,14H2/t16-,18-,21+/m0/s1. The van der Waals surface area contributed by atoms with E-state index in [9.17, 15) is 10.1 Å². The van der Waals surface area contributed by atoms with E-state index in [1.807, 2.05) is 4.90 Å². The van der Waals surface area contributed by atoms with Gasteiger partial charge in [-0.3, -0.25) is 4.79 Å². The van der Waals surface area contributed by atoms with Crippen LogP contribution in [-0.4, -0.2) is 44.4 Å². The highest BCUT2D eigenvalue weighted by atomic mass is 35.5. The molecule has 3 heterocycles. The van der Waals surface area contributed by atoms with Gasteiger partial charge in [-0.05, 0) is 55.5 Å². The van der Waals surface area contributed by atoms with Crippen molar-refractivity contribution in [2.45, 2.75) is 31.3 Å². The number of hydrogen-bond donors (Lipinski definition) is 0. The predicted octanol–water partition coefficient (Wildman–Crippen LogP) is 4.14. The Morgan fingerprint density at radius 1 is 1.19 bits per heavy atom. The number of halogens is 1. The third-order valence-corrected chi connectivity index (χ3v) is 6.27. The summed E-state index contributed by atoms with van der Waals surface area (Å²) in [6.07, 6.45) is 7.75. The van der Waals surface area contributed by atoms with Crippen LogP contribution in [0.25, 0.3) is 11.4 Å². The minimum absolute atomic E-state index is 0.0842. The summed E-state index contributed by atoms with van der Waals surface area (Å²) < 4.78 is 5.90. The molecule has 160 valence electrons. The molecule has 0 spiro atoms. The van der Waals surface area contributed by atoms with Crippen molar-refractivity contribution >= 4 is 17.5 Å². The predicted molar refractivity (Wildman–Crippen MR) is 118 cm³/mol. The molecule has 2 fully saturated rings. The number of aromatic nitrogens is 3. The Morgan fingerprint density at radius 3 is 2.78 bits per heavy atom. The summed E-state index contributed by atoms with van der Waals surface area (Å²) in [5, 5.41) is 9.96. The summed E-state index contributed by atoms with van der Waals surface area (Å²) in [4.78, 5) is 28.6. The van der Waals surface area contributed by atoms with E-state index in [0.717, 1.165) is 19.3 Å². The van der Waals surface area contributed by atoms with Crippen LogP contribution < -0.4 is 4.74 Å². The molecule has 3 atom stereocenters. The second-order valence-corrected chi connectivity index (χ2v) is 8.51. The minimum Gasteiger partial charge on any atom is -0.475 e. The number of nitriles is 1. The number of rotatable bonds is 5. The zero-order valence-electron chi connectivity index (χ0n) is 17.2. The van der Waals surface area contributed by atoms with Gasteiger partial charge in [0.05, 0.1) is 28.3 Å². The van der Waals surface area contributed by atoms with E-state index in [0.29, 0.717) is 45.9 Å². The van der Waals surface area contributed by atoms with Gasteiger partial charge in [-0.15, -0.1) is 0 Å². The Hall–Kier alpha value is -3.50. The lowest BCUT2D eigenvalue weighted by Gasteiger charge is -2.36. The first-order valence-electron chi connectivity index (χ1n) is 10.5. The Morgan fingerprint density at radius 2 is 2.03 bits per heavy atom. The lowest BCUT2D eigenvalue weighted by Crippen LogP contribution is -2.48. The van der Waals surface area contributed by atoms with Crippen LogP contribution in [0.3, 0.4) is 0 Å². The van der Waals surface area contributed by atoms with E-state index < -0.39 is 0 Å². The maximum absolute atomic E-state index is 13.8. The van der Waals surface area contributed by atoms with Crippen LogP contribution in [0.15, 0.2) is 55.0 Å². The SMILES string of the molecule is N#Cc1ccc(-c2ncccn2)c(C(=O)N2[C@H](COc3ccc(Cl)cn3)CC[C@H]3C[C@H]32)c1. The first kappa shape index (κ1) is 20.4. The van der Waals surface area contributed by atoms with Gasteiger partial charge in [0.25, 0.3) is 5.91 Å². The molecular weight excluding hydrogens is 426 g/mol. The number of carbonyl (C=O) groups excluding carboxylic acids is 1. The fourth-order valence-corrected chi connectivity index (χ4v) is 4.48. The fraction of sp³-hybridized carbons (Fsp3) is 0.292. The average Bonchev–Trinajstić information content (AvgIpc) is 3.63. The summed E-state index contributed by atoms with van der Waals surface area (Å²) in [6.45, 7) is 0.346. The second kappa shape index (κ2) is 8.56. The van der Waals surface area contributed by atoms with Gasteiger partial charge in [-0.2, -0.15) is 5.26 Å². The third kappa shape index (κ3) is 4.02. The number of ether oxygens (including phenoxy) is 1. The number of nitrogens with zero attached hydrogens (tertiary/aromatic N) is 5. The Balaban J connectivity index is 1.45. The van der Waals surface area contributed by atoms with Gasteiger partial charge in [-0.1, -0.05) is 11.6 Å². The first-order valence-corrected chi connectivity index (χ1v) is 10.9. The van der Waals surface area contributed by atoms with Crippen molar-refractivity contribution < 1.29 is 9.53 Å². The monoisotopic (exact) mass is 445 g/mol. The van der Waals surface area contributed by atoms with Gasteiger partial charge in [-0.25, -0.2) is 15.0 Å². The minimum atomic E-state index is -0.116. The quantitative estimate of drug-likeness (QED) is 0.586. The molecule has 5 rings (SSSR count). The second-order valence-electron chi connectivity index (χ2n) is 8.08. The molecule has 2 aliphatic rings. The largest absolute Gasteiger partial charge is 0.475 e. The zero-order valence-corrected chi connectivity index (χ0v) is 17.9. The van der Waals surface area contributed by atoms with E-state index in [2.05, 4.69) is 21.0 Å². The van der Waals surface area contributed by atoms with Gasteiger partial charge >= 0.3 is 0 Å². The Kier molecular flexibility index (Phi) is 5.46. The van der Waals surface area contributed by atoms with Crippen molar-refractivity contribution in [3.8, 4) is 23.3 Å². The number of amides is 1. The highest BCUT2D eigenvalue weighted by molar-refractivity contribution is 6.30. The fourth-order valence-electron chi connectivity index (χ4n) is 4.37. The molecule has 32 heavy (non-hydrogen) atoms. The van der Waals surface area contributed by atoms with Crippen LogP contribution in [0.4, 0.5) is 0 Å². The number of likely N-dealkylation sites (tertiary alicyclic amines) is 1. The normalized spacial score (nSPS) is 21.4. The summed E-state index contributed by atoms with van der Waals surface area (Å²) in [5.41, 5.74) is 1.49. The van der Waals surface area contributed by atoms with E-state index >= 15 is 0 Å². The molecule has 8 heteroatoms. The van der Waals surface area contributed by atoms with Crippen LogP contribution in [0.5, 0.6) is 5.88 Å². The number of benzene rings is 1. The number of piperidine rings is 1. The molecule has 2 aromatic heterocycles. The molecule has 1 amide bonds.